The molecule has 0 heterocycles. The third-order valence-electron chi connectivity index (χ3n) is 4.62. The first kappa shape index (κ1) is 19.0. The minimum atomic E-state index is -1.47. The van der Waals surface area contributed by atoms with Crippen molar-refractivity contribution in [1.82, 2.24) is 0 Å². The van der Waals surface area contributed by atoms with E-state index >= 15 is 0 Å². The van der Waals surface area contributed by atoms with E-state index in [9.17, 15) is 20.4 Å². The smallest absolute Gasteiger partial charge is 0.115 e. The van der Waals surface area contributed by atoms with Crippen LogP contribution >= 0.6 is 0 Å². The lowest BCUT2D eigenvalue weighted by Crippen LogP contribution is -2.64. The molecule has 0 aliphatic heterocycles. The summed E-state index contributed by atoms with van der Waals surface area (Å²) in [5.41, 5.74) is 1.74. The van der Waals surface area contributed by atoms with Crippen LogP contribution in [0.25, 0.3) is 0 Å². The maximum Gasteiger partial charge on any atom is 0.115 e. The van der Waals surface area contributed by atoms with Gasteiger partial charge >= 0.3 is 0 Å². The standard InChI is InChI=1S/C20H24O6/c21-15-16(22)19(25-11-13-7-3-1-4-8-13)18(24)20(17(15)23)26-12-14-9-5-2-6-10-14/h1-10,15-24H,11-12H2/t15-,16-,17+,18-,19-,20-/m0/s1. The molecule has 0 saturated heterocycles. The van der Waals surface area contributed by atoms with Crippen molar-refractivity contribution in [3.63, 3.8) is 0 Å². The highest BCUT2D eigenvalue weighted by molar-refractivity contribution is 5.15. The maximum absolute atomic E-state index is 10.6. The third kappa shape index (κ3) is 4.29. The molecule has 0 unspecified atom stereocenters. The zero-order valence-corrected chi connectivity index (χ0v) is 14.3. The maximum atomic E-state index is 10.6. The van der Waals surface area contributed by atoms with Crippen LogP contribution in [0.15, 0.2) is 60.7 Å². The van der Waals surface area contributed by atoms with E-state index < -0.39 is 36.6 Å². The zero-order valence-electron chi connectivity index (χ0n) is 14.3. The van der Waals surface area contributed by atoms with E-state index in [1.807, 2.05) is 60.7 Å². The van der Waals surface area contributed by atoms with Gasteiger partial charge < -0.3 is 29.9 Å². The quantitative estimate of drug-likeness (QED) is 0.603. The van der Waals surface area contributed by atoms with E-state index in [4.69, 9.17) is 9.47 Å². The van der Waals surface area contributed by atoms with Crippen LogP contribution in [0, 0.1) is 0 Å². The normalized spacial score (nSPS) is 31.7. The predicted octanol–water partition coefficient (Wildman–Crippen LogP) is 0.614. The van der Waals surface area contributed by atoms with E-state index in [0.717, 1.165) is 11.1 Å². The van der Waals surface area contributed by atoms with Gasteiger partial charge in [0, 0.05) is 0 Å². The molecule has 0 spiro atoms. The Balaban J connectivity index is 1.66. The predicted molar refractivity (Wildman–Crippen MR) is 94.1 cm³/mol. The Morgan fingerprint density at radius 3 is 1.31 bits per heavy atom. The first-order valence-electron chi connectivity index (χ1n) is 8.61. The molecular weight excluding hydrogens is 336 g/mol. The molecule has 0 aromatic heterocycles. The molecule has 1 saturated carbocycles. The summed E-state index contributed by atoms with van der Waals surface area (Å²) in [6, 6.07) is 18.6. The van der Waals surface area contributed by atoms with Crippen LogP contribution in [0.2, 0.25) is 0 Å². The van der Waals surface area contributed by atoms with Gasteiger partial charge in [0.15, 0.2) is 0 Å². The zero-order chi connectivity index (χ0) is 18.5. The minimum absolute atomic E-state index is 0.161. The first-order valence-corrected chi connectivity index (χ1v) is 8.61. The third-order valence-corrected chi connectivity index (χ3v) is 4.62. The number of rotatable bonds is 6. The molecule has 6 atom stereocenters. The van der Waals surface area contributed by atoms with Crippen molar-refractivity contribution in [1.29, 1.82) is 0 Å². The van der Waals surface area contributed by atoms with Crippen molar-refractivity contribution in [2.45, 2.75) is 49.8 Å². The molecule has 1 fully saturated rings. The van der Waals surface area contributed by atoms with Crippen LogP contribution in [-0.2, 0) is 22.7 Å². The molecule has 0 amide bonds. The van der Waals surface area contributed by atoms with E-state index in [0.29, 0.717) is 0 Å². The molecule has 2 aromatic carbocycles. The summed E-state index contributed by atoms with van der Waals surface area (Å²) in [6.07, 6.45) is -7.74. The fourth-order valence-corrected chi connectivity index (χ4v) is 3.11. The fraction of sp³-hybridized carbons (Fsp3) is 0.400. The Bertz CT molecular complexity index is 607. The summed E-state index contributed by atoms with van der Waals surface area (Å²) in [6.45, 7) is 0.321. The van der Waals surface area contributed by atoms with Crippen LogP contribution in [0.5, 0.6) is 0 Å². The molecule has 0 bridgehead atoms. The lowest BCUT2D eigenvalue weighted by molar-refractivity contribution is -0.250. The van der Waals surface area contributed by atoms with Gasteiger partial charge in [-0.15, -0.1) is 0 Å². The van der Waals surface area contributed by atoms with Gasteiger partial charge in [0.25, 0.3) is 0 Å². The summed E-state index contributed by atoms with van der Waals surface area (Å²) in [7, 11) is 0. The molecule has 140 valence electrons. The number of hydrogen-bond acceptors (Lipinski definition) is 6. The molecule has 1 aliphatic rings. The van der Waals surface area contributed by atoms with Crippen molar-refractivity contribution in [2.24, 2.45) is 0 Å². The van der Waals surface area contributed by atoms with Crippen molar-refractivity contribution in [2.75, 3.05) is 0 Å². The monoisotopic (exact) mass is 360 g/mol. The molecule has 2 aromatic rings. The van der Waals surface area contributed by atoms with Gasteiger partial charge in [-0.3, -0.25) is 0 Å². The summed E-state index contributed by atoms with van der Waals surface area (Å²) >= 11 is 0. The highest BCUT2D eigenvalue weighted by Crippen LogP contribution is 2.27. The van der Waals surface area contributed by atoms with Crippen LogP contribution in [0.4, 0.5) is 0 Å². The van der Waals surface area contributed by atoms with Crippen molar-refractivity contribution < 1.29 is 29.9 Å². The fourth-order valence-electron chi connectivity index (χ4n) is 3.11. The highest BCUT2D eigenvalue weighted by atomic mass is 16.5. The second kappa shape index (κ2) is 8.73. The second-order valence-electron chi connectivity index (χ2n) is 6.48. The summed E-state index contributed by atoms with van der Waals surface area (Å²) in [5.74, 6) is 0. The van der Waals surface area contributed by atoms with Crippen LogP contribution < -0.4 is 0 Å². The van der Waals surface area contributed by atoms with Gasteiger partial charge in [-0.05, 0) is 11.1 Å². The van der Waals surface area contributed by atoms with Crippen LogP contribution in [0.1, 0.15) is 11.1 Å². The lowest BCUT2D eigenvalue weighted by Gasteiger charge is -2.43. The van der Waals surface area contributed by atoms with E-state index in [-0.39, 0.29) is 13.2 Å². The number of hydrogen-bond donors (Lipinski definition) is 4. The molecule has 3 rings (SSSR count). The van der Waals surface area contributed by atoms with E-state index in [1.165, 1.54) is 0 Å². The minimum Gasteiger partial charge on any atom is -0.387 e. The van der Waals surface area contributed by atoms with Crippen LogP contribution in [-0.4, -0.2) is 57.0 Å². The number of ether oxygens (including phenoxy) is 2. The molecule has 1 aliphatic carbocycles. The Kier molecular flexibility index (Phi) is 6.37. The Hall–Kier alpha value is -1.80. The van der Waals surface area contributed by atoms with Crippen molar-refractivity contribution in [3.05, 3.63) is 71.8 Å². The molecule has 6 heteroatoms. The SMILES string of the molecule is O[C@@H]1[C@@H](O)[C@H](OCc2ccccc2)[C@@H](O)[C@@H](OCc2ccccc2)[C@H]1O. The van der Waals surface area contributed by atoms with Gasteiger partial charge in [0.2, 0.25) is 0 Å². The summed E-state index contributed by atoms with van der Waals surface area (Å²) in [4.78, 5) is 0. The van der Waals surface area contributed by atoms with Crippen molar-refractivity contribution >= 4 is 0 Å². The topological polar surface area (TPSA) is 99.4 Å². The summed E-state index contributed by atoms with van der Waals surface area (Å²) in [5, 5.41) is 41.1. The number of benzene rings is 2. The Labute approximate surface area is 152 Å². The van der Waals surface area contributed by atoms with Gasteiger partial charge in [-0.1, -0.05) is 60.7 Å². The molecule has 4 N–H and O–H groups in total. The summed E-state index contributed by atoms with van der Waals surface area (Å²) < 4.78 is 11.3. The molecule has 6 nitrogen and oxygen atoms in total. The van der Waals surface area contributed by atoms with Gasteiger partial charge in [-0.2, -0.15) is 0 Å². The van der Waals surface area contributed by atoms with Crippen LogP contribution in [0.3, 0.4) is 0 Å². The first-order chi connectivity index (χ1) is 12.6. The lowest BCUT2D eigenvalue weighted by atomic mass is 9.84. The largest absolute Gasteiger partial charge is 0.387 e. The van der Waals surface area contributed by atoms with Crippen molar-refractivity contribution in [3.8, 4) is 0 Å². The van der Waals surface area contributed by atoms with Gasteiger partial charge in [0.05, 0.1) is 13.2 Å². The average molecular weight is 360 g/mol. The van der Waals surface area contributed by atoms with Gasteiger partial charge in [0.1, 0.15) is 36.6 Å². The number of aliphatic hydroxyl groups excluding tert-OH is 4. The highest BCUT2D eigenvalue weighted by Gasteiger charge is 2.50. The van der Waals surface area contributed by atoms with E-state index in [1.54, 1.807) is 0 Å². The van der Waals surface area contributed by atoms with E-state index in [2.05, 4.69) is 0 Å². The average Bonchev–Trinajstić information content (AvgIpc) is 2.68. The molecule has 0 radical (unpaired) electrons. The Morgan fingerprint density at radius 1 is 0.538 bits per heavy atom. The molecule has 26 heavy (non-hydrogen) atoms. The van der Waals surface area contributed by atoms with Gasteiger partial charge in [-0.25, -0.2) is 0 Å². The Morgan fingerprint density at radius 2 is 0.923 bits per heavy atom. The molecular formula is C20H24O6. The second-order valence-corrected chi connectivity index (χ2v) is 6.48. The number of aliphatic hydroxyl groups is 4.